The molecule has 3 nitrogen and oxygen atoms in total. The Balaban J connectivity index is 4.09. The van der Waals surface area contributed by atoms with Gasteiger partial charge in [-0.3, -0.25) is 0 Å². The summed E-state index contributed by atoms with van der Waals surface area (Å²) in [7, 11) is 1.84. The lowest BCUT2D eigenvalue weighted by Crippen LogP contribution is -2.49. The van der Waals surface area contributed by atoms with Gasteiger partial charge in [0.2, 0.25) is 0 Å². The van der Waals surface area contributed by atoms with Gasteiger partial charge in [-0.25, -0.2) is 4.79 Å². The van der Waals surface area contributed by atoms with Crippen molar-refractivity contribution in [3.05, 3.63) is 0 Å². The van der Waals surface area contributed by atoms with E-state index in [0.717, 1.165) is 19.4 Å². The molecular formula is C10H22N2O. The van der Waals surface area contributed by atoms with Gasteiger partial charge >= 0.3 is 6.03 Å². The van der Waals surface area contributed by atoms with E-state index in [2.05, 4.69) is 26.1 Å². The smallest absolute Gasteiger partial charge is 0.317 e. The maximum absolute atomic E-state index is 11.5. The molecule has 2 amide bonds. The predicted molar refractivity (Wildman–Crippen MR) is 55.8 cm³/mol. The first-order valence-electron chi connectivity index (χ1n) is 4.97. The number of nitrogens with zero attached hydrogens (tertiary/aromatic N) is 1. The third-order valence-electron chi connectivity index (χ3n) is 2.60. The molecule has 0 spiro atoms. The second-order valence-corrected chi connectivity index (χ2v) is 3.96. The van der Waals surface area contributed by atoms with Crippen molar-refractivity contribution in [2.24, 2.45) is 0 Å². The number of rotatable bonds is 4. The second kappa shape index (κ2) is 5.10. The highest BCUT2D eigenvalue weighted by molar-refractivity contribution is 5.74. The van der Waals surface area contributed by atoms with Crippen molar-refractivity contribution in [1.29, 1.82) is 0 Å². The fourth-order valence-electron chi connectivity index (χ4n) is 0.863. The Morgan fingerprint density at radius 1 is 1.38 bits per heavy atom. The minimum atomic E-state index is -0.0577. The van der Waals surface area contributed by atoms with E-state index < -0.39 is 0 Å². The zero-order valence-electron chi connectivity index (χ0n) is 9.48. The van der Waals surface area contributed by atoms with Crippen molar-refractivity contribution >= 4 is 6.03 Å². The topological polar surface area (TPSA) is 32.3 Å². The number of carbonyl (C=O) groups excluding carboxylic acids is 1. The van der Waals surface area contributed by atoms with Gasteiger partial charge in [0.15, 0.2) is 0 Å². The summed E-state index contributed by atoms with van der Waals surface area (Å²) >= 11 is 0. The van der Waals surface area contributed by atoms with E-state index in [1.807, 2.05) is 14.0 Å². The van der Waals surface area contributed by atoms with Crippen LogP contribution >= 0.6 is 0 Å². The van der Waals surface area contributed by atoms with Crippen LogP contribution in [0.4, 0.5) is 4.79 Å². The van der Waals surface area contributed by atoms with E-state index in [9.17, 15) is 4.79 Å². The summed E-state index contributed by atoms with van der Waals surface area (Å²) in [5.74, 6) is 0. The molecule has 0 saturated carbocycles. The van der Waals surface area contributed by atoms with Crippen molar-refractivity contribution in [2.75, 3.05) is 13.6 Å². The number of carbonyl (C=O) groups is 1. The second-order valence-electron chi connectivity index (χ2n) is 3.96. The van der Waals surface area contributed by atoms with Crippen molar-refractivity contribution < 1.29 is 4.79 Å². The maximum atomic E-state index is 11.5. The first-order valence-corrected chi connectivity index (χ1v) is 4.97. The summed E-state index contributed by atoms with van der Waals surface area (Å²) in [4.78, 5) is 13.3. The molecule has 13 heavy (non-hydrogen) atoms. The fraction of sp³-hybridized carbons (Fsp3) is 0.900. The average molecular weight is 186 g/mol. The minimum absolute atomic E-state index is 0.0219. The zero-order valence-corrected chi connectivity index (χ0v) is 9.48. The molecule has 0 fully saturated rings. The van der Waals surface area contributed by atoms with E-state index >= 15 is 0 Å². The van der Waals surface area contributed by atoms with Crippen molar-refractivity contribution in [3.63, 3.8) is 0 Å². The monoisotopic (exact) mass is 186 g/mol. The molecule has 3 heteroatoms. The first-order chi connectivity index (χ1) is 5.95. The van der Waals surface area contributed by atoms with Crippen LogP contribution in [-0.2, 0) is 0 Å². The molecule has 0 rings (SSSR count). The molecule has 1 N–H and O–H groups in total. The van der Waals surface area contributed by atoms with Crippen LogP contribution in [0.1, 0.15) is 40.5 Å². The van der Waals surface area contributed by atoms with Crippen LogP contribution in [0, 0.1) is 0 Å². The molecule has 0 aromatic carbocycles. The van der Waals surface area contributed by atoms with Crippen LogP contribution in [0.5, 0.6) is 0 Å². The fourth-order valence-corrected chi connectivity index (χ4v) is 0.863. The summed E-state index contributed by atoms with van der Waals surface area (Å²) in [6, 6.07) is 0.0219. The summed E-state index contributed by atoms with van der Waals surface area (Å²) < 4.78 is 0. The largest absolute Gasteiger partial charge is 0.338 e. The minimum Gasteiger partial charge on any atom is -0.338 e. The highest BCUT2D eigenvalue weighted by Crippen LogP contribution is 2.15. The van der Waals surface area contributed by atoms with Gasteiger partial charge in [0, 0.05) is 19.1 Å². The van der Waals surface area contributed by atoms with E-state index in [1.165, 1.54) is 0 Å². The Hall–Kier alpha value is -0.730. The Morgan fingerprint density at radius 3 is 2.31 bits per heavy atom. The van der Waals surface area contributed by atoms with E-state index in [1.54, 1.807) is 4.90 Å². The lowest BCUT2D eigenvalue weighted by atomic mass is 10.0. The Labute approximate surface area is 81.5 Å². The van der Waals surface area contributed by atoms with Crippen LogP contribution in [0.15, 0.2) is 0 Å². The summed E-state index contributed by atoms with van der Waals surface area (Å²) in [6.45, 7) is 9.02. The van der Waals surface area contributed by atoms with Crippen LogP contribution in [0.2, 0.25) is 0 Å². The van der Waals surface area contributed by atoms with Gasteiger partial charge < -0.3 is 10.2 Å². The normalized spacial score (nSPS) is 11.2. The van der Waals surface area contributed by atoms with Gasteiger partial charge in [0.25, 0.3) is 0 Å². The van der Waals surface area contributed by atoms with E-state index in [0.29, 0.717) is 0 Å². The van der Waals surface area contributed by atoms with Crippen LogP contribution < -0.4 is 5.32 Å². The van der Waals surface area contributed by atoms with E-state index in [-0.39, 0.29) is 11.6 Å². The summed E-state index contributed by atoms with van der Waals surface area (Å²) in [6.07, 6.45) is 1.94. The van der Waals surface area contributed by atoms with Gasteiger partial charge in [-0.1, -0.05) is 13.8 Å². The van der Waals surface area contributed by atoms with Gasteiger partial charge in [-0.15, -0.1) is 0 Å². The maximum Gasteiger partial charge on any atom is 0.317 e. The molecule has 0 aromatic rings. The Morgan fingerprint density at radius 2 is 1.92 bits per heavy atom. The zero-order chi connectivity index (χ0) is 10.5. The summed E-state index contributed by atoms with van der Waals surface area (Å²) in [5, 5.41) is 2.86. The molecule has 0 radical (unpaired) electrons. The first kappa shape index (κ1) is 12.3. The molecule has 0 unspecified atom stereocenters. The van der Waals surface area contributed by atoms with Gasteiger partial charge in [0.05, 0.1) is 0 Å². The van der Waals surface area contributed by atoms with Crippen molar-refractivity contribution in [3.8, 4) is 0 Å². The number of hydrogen-bond acceptors (Lipinski definition) is 1. The number of hydrogen-bond donors (Lipinski definition) is 1. The van der Waals surface area contributed by atoms with Crippen LogP contribution in [-0.4, -0.2) is 30.1 Å². The highest BCUT2D eigenvalue weighted by Gasteiger charge is 2.24. The average Bonchev–Trinajstić information content (AvgIpc) is 2.12. The standard InChI is InChI=1S/C10H22N2O/c1-6-8-11-9(13)12(5)10(3,4)7-2/h6-8H2,1-5H3,(H,11,13). The molecule has 0 aromatic heterocycles. The number of amides is 2. The van der Waals surface area contributed by atoms with Crippen molar-refractivity contribution in [2.45, 2.75) is 46.1 Å². The molecule has 0 aliphatic carbocycles. The number of urea groups is 1. The third kappa shape index (κ3) is 3.66. The molecule has 0 heterocycles. The Bertz CT molecular complexity index is 166. The van der Waals surface area contributed by atoms with Crippen molar-refractivity contribution in [1.82, 2.24) is 10.2 Å². The highest BCUT2D eigenvalue weighted by atomic mass is 16.2. The SMILES string of the molecule is CCCNC(=O)N(C)C(C)(C)CC. The molecule has 78 valence electrons. The van der Waals surface area contributed by atoms with Gasteiger partial charge in [-0.05, 0) is 26.7 Å². The molecule has 0 saturated heterocycles. The predicted octanol–water partition coefficient (Wildman–Crippen LogP) is 2.23. The number of nitrogens with one attached hydrogen (secondary N) is 1. The van der Waals surface area contributed by atoms with Crippen LogP contribution in [0.25, 0.3) is 0 Å². The lowest BCUT2D eigenvalue weighted by Gasteiger charge is -2.34. The molecule has 0 bridgehead atoms. The van der Waals surface area contributed by atoms with E-state index in [4.69, 9.17) is 0 Å². The van der Waals surface area contributed by atoms with Gasteiger partial charge in [-0.2, -0.15) is 0 Å². The van der Waals surface area contributed by atoms with Gasteiger partial charge in [0.1, 0.15) is 0 Å². The van der Waals surface area contributed by atoms with Crippen LogP contribution in [0.3, 0.4) is 0 Å². The molecule has 0 aliphatic heterocycles. The summed E-state index contributed by atoms with van der Waals surface area (Å²) in [5.41, 5.74) is -0.0577. The Kier molecular flexibility index (Phi) is 4.81. The molecular weight excluding hydrogens is 164 g/mol. The molecule has 0 atom stereocenters. The lowest BCUT2D eigenvalue weighted by molar-refractivity contribution is 0.153. The molecule has 0 aliphatic rings. The third-order valence-corrected chi connectivity index (χ3v) is 2.60. The quantitative estimate of drug-likeness (QED) is 0.717.